The third-order valence-electron chi connectivity index (χ3n) is 6.04. The van der Waals surface area contributed by atoms with Crippen molar-refractivity contribution >= 4 is 11.8 Å². The van der Waals surface area contributed by atoms with E-state index < -0.39 is 0 Å². The highest BCUT2D eigenvalue weighted by molar-refractivity contribution is 5.84. The molecule has 7 heteroatoms. The number of carbonyl (C=O) groups is 2. The average Bonchev–Trinajstić information content (AvgIpc) is 3.39. The molecule has 2 amide bonds. The molecule has 1 atom stereocenters. The van der Waals surface area contributed by atoms with Gasteiger partial charge in [0.15, 0.2) is 11.5 Å². The van der Waals surface area contributed by atoms with Crippen molar-refractivity contribution in [2.45, 2.75) is 31.7 Å². The summed E-state index contributed by atoms with van der Waals surface area (Å²) in [6.07, 6.45) is 3.73. The molecule has 28 heavy (non-hydrogen) atoms. The molecule has 3 aliphatic heterocycles. The molecule has 0 aromatic heterocycles. The Morgan fingerprint density at radius 3 is 2.36 bits per heavy atom. The number of hydrogen-bond acceptors (Lipinski definition) is 5. The lowest BCUT2D eigenvalue weighted by molar-refractivity contribution is -0.142. The highest BCUT2D eigenvalue weighted by atomic mass is 16.7. The van der Waals surface area contributed by atoms with Gasteiger partial charge in [-0.3, -0.25) is 14.5 Å². The van der Waals surface area contributed by atoms with Crippen LogP contribution in [0.5, 0.6) is 11.5 Å². The Balaban J connectivity index is 1.42. The Labute approximate surface area is 166 Å². The summed E-state index contributed by atoms with van der Waals surface area (Å²) >= 11 is 0. The van der Waals surface area contributed by atoms with Crippen LogP contribution in [-0.4, -0.2) is 73.6 Å². The van der Waals surface area contributed by atoms with E-state index in [-0.39, 0.29) is 30.6 Å². The number of rotatable bonds is 4. The van der Waals surface area contributed by atoms with Gasteiger partial charge in [-0.1, -0.05) is 6.07 Å². The van der Waals surface area contributed by atoms with Crippen molar-refractivity contribution in [1.29, 1.82) is 0 Å². The molecule has 0 spiro atoms. The summed E-state index contributed by atoms with van der Waals surface area (Å²) in [5.74, 6) is 1.83. The smallest absolute Gasteiger partial charge is 0.244 e. The number of fused-ring (bicyclic) bond motifs is 1. The SMILES string of the molecule is CN(C)C(C(=O)N1CCC(C(=O)N2CCCC2)CC1)c1ccc2c(c1)OCO2. The second-order valence-corrected chi connectivity index (χ2v) is 8.11. The number of benzene rings is 1. The van der Waals surface area contributed by atoms with Crippen LogP contribution in [-0.2, 0) is 9.59 Å². The number of piperidine rings is 1. The molecule has 2 fully saturated rings. The highest BCUT2D eigenvalue weighted by Gasteiger charge is 2.35. The maximum absolute atomic E-state index is 13.3. The molecule has 7 nitrogen and oxygen atoms in total. The minimum atomic E-state index is -0.375. The van der Waals surface area contributed by atoms with Gasteiger partial charge >= 0.3 is 0 Å². The summed E-state index contributed by atoms with van der Waals surface area (Å²) in [7, 11) is 3.83. The van der Waals surface area contributed by atoms with Gasteiger partial charge in [0.1, 0.15) is 6.04 Å². The zero-order valence-corrected chi connectivity index (χ0v) is 16.7. The Bertz CT molecular complexity index is 737. The second kappa shape index (κ2) is 7.99. The largest absolute Gasteiger partial charge is 0.454 e. The van der Waals surface area contributed by atoms with Crippen molar-refractivity contribution in [3.05, 3.63) is 23.8 Å². The van der Waals surface area contributed by atoms with Crippen molar-refractivity contribution in [3.8, 4) is 11.5 Å². The molecule has 0 aliphatic carbocycles. The number of hydrogen-bond donors (Lipinski definition) is 0. The zero-order valence-electron chi connectivity index (χ0n) is 16.7. The van der Waals surface area contributed by atoms with Gasteiger partial charge in [0.05, 0.1) is 0 Å². The van der Waals surface area contributed by atoms with Crippen LogP contribution in [0.1, 0.15) is 37.3 Å². The highest BCUT2D eigenvalue weighted by Crippen LogP contribution is 2.36. The molecule has 3 heterocycles. The third-order valence-corrected chi connectivity index (χ3v) is 6.04. The standard InChI is InChI=1S/C21H29N3O4/c1-22(2)19(16-5-6-17-18(13-16)28-14-27-17)21(26)24-11-7-15(8-12-24)20(25)23-9-3-4-10-23/h5-6,13,15,19H,3-4,7-12,14H2,1-2H3. The Kier molecular flexibility index (Phi) is 5.44. The topological polar surface area (TPSA) is 62.3 Å². The molecule has 1 unspecified atom stereocenters. The fraction of sp³-hybridized carbons (Fsp3) is 0.619. The van der Waals surface area contributed by atoms with Gasteiger partial charge in [-0.15, -0.1) is 0 Å². The van der Waals surface area contributed by atoms with E-state index in [4.69, 9.17) is 9.47 Å². The minimum absolute atomic E-state index is 0.0606. The van der Waals surface area contributed by atoms with Crippen LogP contribution in [0.25, 0.3) is 0 Å². The first-order valence-corrected chi connectivity index (χ1v) is 10.2. The number of ether oxygens (including phenoxy) is 2. The first-order valence-electron chi connectivity index (χ1n) is 10.2. The minimum Gasteiger partial charge on any atom is -0.454 e. The first-order chi connectivity index (χ1) is 13.5. The van der Waals surface area contributed by atoms with Crippen LogP contribution in [0.3, 0.4) is 0 Å². The predicted octanol–water partition coefficient (Wildman–Crippen LogP) is 1.88. The van der Waals surface area contributed by atoms with E-state index in [0.29, 0.717) is 18.8 Å². The van der Waals surface area contributed by atoms with Crippen molar-refractivity contribution in [3.63, 3.8) is 0 Å². The summed E-state index contributed by atoms with van der Waals surface area (Å²) in [4.78, 5) is 31.8. The van der Waals surface area contributed by atoms with E-state index in [1.807, 2.05) is 47.0 Å². The molecule has 2 saturated heterocycles. The van der Waals surface area contributed by atoms with E-state index in [1.54, 1.807) is 0 Å². The molecule has 0 N–H and O–H groups in total. The first kappa shape index (κ1) is 19.1. The predicted molar refractivity (Wildman–Crippen MR) is 104 cm³/mol. The van der Waals surface area contributed by atoms with E-state index in [2.05, 4.69) is 0 Å². The molecule has 152 valence electrons. The number of likely N-dealkylation sites (N-methyl/N-ethyl adjacent to an activating group) is 1. The van der Waals surface area contributed by atoms with Gasteiger partial charge in [-0.05, 0) is 57.5 Å². The number of carbonyl (C=O) groups excluding carboxylic acids is 2. The second-order valence-electron chi connectivity index (χ2n) is 8.11. The quantitative estimate of drug-likeness (QED) is 0.789. The van der Waals surface area contributed by atoms with Crippen molar-refractivity contribution < 1.29 is 19.1 Å². The van der Waals surface area contributed by atoms with Gasteiger partial charge in [-0.2, -0.15) is 0 Å². The average molecular weight is 387 g/mol. The Hall–Kier alpha value is -2.28. The summed E-state index contributed by atoms with van der Waals surface area (Å²) in [6.45, 7) is 3.28. The lowest BCUT2D eigenvalue weighted by atomic mass is 9.94. The fourth-order valence-corrected chi connectivity index (χ4v) is 4.46. The van der Waals surface area contributed by atoms with Crippen LogP contribution in [0, 0.1) is 5.92 Å². The lowest BCUT2D eigenvalue weighted by Crippen LogP contribution is -2.47. The normalized spacial score (nSPS) is 20.7. The van der Waals surface area contributed by atoms with Gasteiger partial charge < -0.3 is 19.3 Å². The van der Waals surface area contributed by atoms with Gasteiger partial charge in [0.25, 0.3) is 0 Å². The van der Waals surface area contributed by atoms with Crippen LogP contribution < -0.4 is 9.47 Å². The molecule has 0 bridgehead atoms. The summed E-state index contributed by atoms with van der Waals surface area (Å²) in [6, 6.07) is 5.32. The molecule has 1 aromatic carbocycles. The third kappa shape index (κ3) is 3.68. The molecule has 3 aliphatic rings. The Morgan fingerprint density at radius 2 is 1.68 bits per heavy atom. The van der Waals surface area contributed by atoms with Gasteiger partial charge in [0.2, 0.25) is 18.6 Å². The number of nitrogens with zero attached hydrogens (tertiary/aromatic N) is 3. The molecular weight excluding hydrogens is 358 g/mol. The van der Waals surface area contributed by atoms with E-state index in [9.17, 15) is 9.59 Å². The van der Waals surface area contributed by atoms with Crippen molar-refractivity contribution in [2.75, 3.05) is 47.1 Å². The number of likely N-dealkylation sites (tertiary alicyclic amines) is 2. The van der Waals surface area contributed by atoms with E-state index in [0.717, 1.165) is 50.1 Å². The van der Waals surface area contributed by atoms with E-state index >= 15 is 0 Å². The maximum atomic E-state index is 13.3. The van der Waals surface area contributed by atoms with Crippen molar-refractivity contribution in [1.82, 2.24) is 14.7 Å². The molecule has 0 radical (unpaired) electrons. The maximum Gasteiger partial charge on any atom is 0.244 e. The van der Waals surface area contributed by atoms with Crippen LogP contribution >= 0.6 is 0 Å². The van der Waals surface area contributed by atoms with Crippen LogP contribution in [0.4, 0.5) is 0 Å². The molecule has 1 aromatic rings. The van der Waals surface area contributed by atoms with E-state index in [1.165, 1.54) is 0 Å². The zero-order chi connectivity index (χ0) is 19.7. The molecule has 4 rings (SSSR count). The van der Waals surface area contributed by atoms with Crippen LogP contribution in [0.2, 0.25) is 0 Å². The Morgan fingerprint density at radius 1 is 1.00 bits per heavy atom. The fourth-order valence-electron chi connectivity index (χ4n) is 4.46. The summed E-state index contributed by atoms with van der Waals surface area (Å²) in [5.41, 5.74) is 0.898. The van der Waals surface area contributed by atoms with Crippen LogP contribution in [0.15, 0.2) is 18.2 Å². The summed E-state index contributed by atoms with van der Waals surface area (Å²) in [5, 5.41) is 0. The molecule has 0 saturated carbocycles. The summed E-state index contributed by atoms with van der Waals surface area (Å²) < 4.78 is 10.9. The number of amides is 2. The monoisotopic (exact) mass is 387 g/mol. The molecular formula is C21H29N3O4. The van der Waals surface area contributed by atoms with Crippen molar-refractivity contribution in [2.24, 2.45) is 5.92 Å². The van der Waals surface area contributed by atoms with Gasteiger partial charge in [0, 0.05) is 32.1 Å². The lowest BCUT2D eigenvalue weighted by Gasteiger charge is -2.36. The van der Waals surface area contributed by atoms with Gasteiger partial charge in [-0.25, -0.2) is 0 Å².